The number of hydrogen-bond donors (Lipinski definition) is 2. The van der Waals surface area contributed by atoms with E-state index < -0.39 is 15.9 Å². The summed E-state index contributed by atoms with van der Waals surface area (Å²) in [6, 6.07) is 5.59. The van der Waals surface area contributed by atoms with Crippen molar-refractivity contribution in [1.29, 1.82) is 0 Å². The first-order valence-corrected chi connectivity index (χ1v) is 11.5. The van der Waals surface area contributed by atoms with Crippen molar-refractivity contribution in [3.8, 4) is 11.3 Å². The van der Waals surface area contributed by atoms with Gasteiger partial charge in [0.25, 0.3) is 5.91 Å². The Morgan fingerprint density at radius 3 is 2.59 bits per heavy atom. The van der Waals surface area contributed by atoms with Crippen LogP contribution < -0.4 is 10.0 Å². The molecule has 3 aromatic rings. The van der Waals surface area contributed by atoms with Gasteiger partial charge in [-0.25, -0.2) is 18.1 Å². The lowest BCUT2D eigenvalue weighted by atomic mass is 10.2. The number of benzene rings is 1. The van der Waals surface area contributed by atoms with Crippen LogP contribution in [0, 0.1) is 13.8 Å². The molecule has 29 heavy (non-hydrogen) atoms. The predicted octanol–water partition coefficient (Wildman–Crippen LogP) is 4.61. The van der Waals surface area contributed by atoms with Gasteiger partial charge in [-0.3, -0.25) is 10.1 Å². The highest BCUT2D eigenvalue weighted by molar-refractivity contribution is 7.89. The number of furan rings is 1. The van der Waals surface area contributed by atoms with Crippen molar-refractivity contribution in [2.45, 2.75) is 38.6 Å². The minimum absolute atomic E-state index is 0.0370. The van der Waals surface area contributed by atoms with Crippen LogP contribution in [0.1, 0.15) is 35.7 Å². The molecule has 1 amide bonds. The molecule has 7 nitrogen and oxygen atoms in total. The summed E-state index contributed by atoms with van der Waals surface area (Å²) in [7, 11) is -3.75. The summed E-state index contributed by atoms with van der Waals surface area (Å²) in [4.78, 5) is 17.1. The predicted molar refractivity (Wildman–Crippen MR) is 114 cm³/mol. The van der Waals surface area contributed by atoms with E-state index in [1.54, 1.807) is 13.8 Å². The van der Waals surface area contributed by atoms with Gasteiger partial charge in [0, 0.05) is 17.0 Å². The summed E-state index contributed by atoms with van der Waals surface area (Å²) in [5, 5.41) is 4.99. The summed E-state index contributed by atoms with van der Waals surface area (Å²) in [5.74, 6) is 0.970. The fourth-order valence-electron chi connectivity index (χ4n) is 2.73. The van der Waals surface area contributed by atoms with E-state index in [2.05, 4.69) is 15.0 Å². The second-order valence-electron chi connectivity index (χ2n) is 6.74. The second-order valence-corrected chi connectivity index (χ2v) is 9.72. The van der Waals surface area contributed by atoms with Crippen molar-refractivity contribution in [3.63, 3.8) is 0 Å². The van der Waals surface area contributed by atoms with E-state index >= 15 is 0 Å². The largest absolute Gasteiger partial charge is 0.466 e. The fourth-order valence-corrected chi connectivity index (χ4v) is 4.91. The molecular weight excluding hydrogens is 434 g/mol. The van der Waals surface area contributed by atoms with Gasteiger partial charge in [-0.1, -0.05) is 11.6 Å². The lowest BCUT2D eigenvalue weighted by molar-refractivity contribution is 0.102. The molecule has 0 aliphatic heterocycles. The third-order valence-electron chi connectivity index (χ3n) is 3.93. The topological polar surface area (TPSA) is 101 Å². The molecule has 2 heterocycles. The van der Waals surface area contributed by atoms with Crippen molar-refractivity contribution in [3.05, 3.63) is 51.8 Å². The maximum atomic E-state index is 12.7. The first-order valence-electron chi connectivity index (χ1n) is 8.73. The number of carbonyl (C=O) groups is 1. The molecule has 2 aromatic heterocycles. The number of nitrogens with one attached hydrogen (secondary N) is 2. The van der Waals surface area contributed by atoms with Crippen molar-refractivity contribution < 1.29 is 17.6 Å². The van der Waals surface area contributed by atoms with E-state index in [0.717, 1.165) is 17.1 Å². The van der Waals surface area contributed by atoms with E-state index in [1.807, 2.05) is 25.3 Å². The summed E-state index contributed by atoms with van der Waals surface area (Å²) in [6.07, 6.45) is 0. The van der Waals surface area contributed by atoms with Gasteiger partial charge >= 0.3 is 0 Å². The smallest absolute Gasteiger partial charge is 0.259 e. The van der Waals surface area contributed by atoms with E-state index in [1.165, 1.54) is 29.5 Å². The first kappa shape index (κ1) is 21.5. The molecule has 0 atom stereocenters. The number of thiazole rings is 1. The number of aryl methyl sites for hydroxylation is 2. The Hall–Kier alpha value is -2.20. The van der Waals surface area contributed by atoms with Crippen LogP contribution in [0.15, 0.2) is 39.0 Å². The van der Waals surface area contributed by atoms with Gasteiger partial charge in [0.2, 0.25) is 10.0 Å². The Balaban J connectivity index is 1.85. The molecule has 2 N–H and O–H groups in total. The number of anilines is 1. The fraction of sp³-hybridized carbons (Fsp3) is 0.263. The van der Waals surface area contributed by atoms with E-state index in [9.17, 15) is 13.2 Å². The van der Waals surface area contributed by atoms with Gasteiger partial charge < -0.3 is 4.42 Å². The molecule has 0 radical (unpaired) electrons. The zero-order chi connectivity index (χ0) is 21.3. The molecule has 0 aliphatic carbocycles. The lowest BCUT2D eigenvalue weighted by Gasteiger charge is -2.11. The van der Waals surface area contributed by atoms with Crippen LogP contribution in [0.4, 0.5) is 5.13 Å². The molecule has 0 fully saturated rings. The molecule has 1 aromatic carbocycles. The molecule has 0 aliphatic rings. The van der Waals surface area contributed by atoms with Crippen molar-refractivity contribution >= 4 is 44.0 Å². The highest BCUT2D eigenvalue weighted by Crippen LogP contribution is 2.30. The zero-order valence-electron chi connectivity index (χ0n) is 16.2. The van der Waals surface area contributed by atoms with Gasteiger partial charge in [-0.15, -0.1) is 11.3 Å². The van der Waals surface area contributed by atoms with Crippen LogP contribution in [0.3, 0.4) is 0 Å². The number of hydrogen-bond acceptors (Lipinski definition) is 6. The number of halogens is 1. The van der Waals surface area contributed by atoms with E-state index in [0.29, 0.717) is 10.8 Å². The Morgan fingerprint density at radius 2 is 1.97 bits per heavy atom. The maximum Gasteiger partial charge on any atom is 0.259 e. The number of amides is 1. The van der Waals surface area contributed by atoms with Crippen molar-refractivity contribution in [1.82, 2.24) is 9.71 Å². The molecule has 0 bridgehead atoms. The van der Waals surface area contributed by atoms with Gasteiger partial charge in [-0.2, -0.15) is 0 Å². The Kier molecular flexibility index (Phi) is 6.13. The molecule has 0 saturated carbocycles. The van der Waals surface area contributed by atoms with E-state index in [4.69, 9.17) is 16.0 Å². The van der Waals surface area contributed by atoms with Crippen LogP contribution in [-0.2, 0) is 10.0 Å². The van der Waals surface area contributed by atoms with Gasteiger partial charge in [-0.05, 0) is 52.0 Å². The van der Waals surface area contributed by atoms with Crippen LogP contribution in [-0.4, -0.2) is 25.4 Å². The standard InChI is InChI=1S/C19H20ClN3O4S2/c1-10(2)23-29(25,26)13-5-6-16(20)15(8-13)18(24)22-19-21-17(9-28-19)14-7-11(3)27-12(14)4/h5-10,23H,1-4H3,(H,21,22,24). The molecule has 3 rings (SSSR count). The number of carbonyl (C=O) groups excluding carboxylic acids is 1. The van der Waals surface area contributed by atoms with Crippen molar-refractivity contribution in [2.24, 2.45) is 0 Å². The summed E-state index contributed by atoms with van der Waals surface area (Å²) < 4.78 is 32.7. The quantitative estimate of drug-likeness (QED) is 0.567. The van der Waals surface area contributed by atoms with Crippen molar-refractivity contribution in [2.75, 3.05) is 5.32 Å². The van der Waals surface area contributed by atoms with Crippen LogP contribution in [0.2, 0.25) is 5.02 Å². The lowest BCUT2D eigenvalue weighted by Crippen LogP contribution is -2.30. The normalized spacial score (nSPS) is 11.8. The van der Waals surface area contributed by atoms with Crippen LogP contribution in [0.25, 0.3) is 11.3 Å². The van der Waals surface area contributed by atoms with Crippen LogP contribution >= 0.6 is 22.9 Å². The SMILES string of the molecule is Cc1cc(-c2csc(NC(=O)c3cc(S(=O)(=O)NC(C)C)ccc3Cl)n2)c(C)o1. The number of sulfonamides is 1. The van der Waals surface area contributed by atoms with Gasteiger partial charge in [0.05, 0.1) is 21.2 Å². The Labute approximate surface area is 178 Å². The third kappa shape index (κ3) is 4.87. The Morgan fingerprint density at radius 1 is 1.24 bits per heavy atom. The third-order valence-corrected chi connectivity index (χ3v) is 6.67. The zero-order valence-corrected chi connectivity index (χ0v) is 18.6. The molecule has 10 heteroatoms. The molecule has 154 valence electrons. The average Bonchev–Trinajstić information content (AvgIpc) is 3.19. The van der Waals surface area contributed by atoms with Gasteiger partial charge in [0.1, 0.15) is 11.5 Å². The average molecular weight is 454 g/mol. The monoisotopic (exact) mass is 453 g/mol. The minimum Gasteiger partial charge on any atom is -0.466 e. The second kappa shape index (κ2) is 8.27. The van der Waals surface area contributed by atoms with Gasteiger partial charge in [0.15, 0.2) is 5.13 Å². The summed E-state index contributed by atoms with van der Waals surface area (Å²) in [5.41, 5.74) is 1.58. The number of nitrogens with zero attached hydrogens (tertiary/aromatic N) is 1. The highest BCUT2D eigenvalue weighted by Gasteiger charge is 2.20. The van der Waals surface area contributed by atoms with Crippen LogP contribution in [0.5, 0.6) is 0 Å². The minimum atomic E-state index is -3.75. The highest BCUT2D eigenvalue weighted by atomic mass is 35.5. The Bertz CT molecular complexity index is 1170. The first-order chi connectivity index (χ1) is 13.6. The van der Waals surface area contributed by atoms with E-state index in [-0.39, 0.29) is 21.5 Å². The maximum absolute atomic E-state index is 12.7. The molecule has 0 spiro atoms. The number of rotatable bonds is 6. The molecule has 0 unspecified atom stereocenters. The summed E-state index contributed by atoms with van der Waals surface area (Å²) in [6.45, 7) is 7.12. The summed E-state index contributed by atoms with van der Waals surface area (Å²) >= 11 is 7.38. The number of aromatic nitrogens is 1. The molecule has 0 saturated heterocycles. The molecular formula is C19H20ClN3O4S2.